The Morgan fingerprint density at radius 2 is 1.69 bits per heavy atom. The Morgan fingerprint density at radius 1 is 1.03 bits per heavy atom. The SMILES string of the molecule is O=C1C(=O)N(CCNCCO)[C@@H](c2ccc(O)cc2)C1=C(O)c1ccc(Cl)cc1. The average Bonchev–Trinajstić information content (AvgIpc) is 2.96. The summed E-state index contributed by atoms with van der Waals surface area (Å²) in [5, 5.41) is 32.8. The third kappa shape index (κ3) is 4.42. The molecule has 1 heterocycles. The van der Waals surface area contributed by atoms with Crippen molar-refractivity contribution in [2.45, 2.75) is 6.04 Å². The lowest BCUT2D eigenvalue weighted by Crippen LogP contribution is -2.36. The molecule has 8 heteroatoms. The number of benzene rings is 2. The number of carbonyl (C=O) groups is 2. The van der Waals surface area contributed by atoms with E-state index in [0.29, 0.717) is 29.2 Å². The van der Waals surface area contributed by atoms with E-state index in [2.05, 4.69) is 5.32 Å². The number of aliphatic hydroxyl groups is 2. The molecule has 4 N–H and O–H groups in total. The second-order valence-electron chi connectivity index (χ2n) is 6.56. The third-order valence-corrected chi connectivity index (χ3v) is 4.94. The van der Waals surface area contributed by atoms with Crippen molar-refractivity contribution in [1.29, 1.82) is 0 Å². The Morgan fingerprint density at radius 3 is 2.31 bits per heavy atom. The molecule has 0 unspecified atom stereocenters. The standard InChI is InChI=1S/C21H21ClN2O5/c22-15-5-1-14(2-6-15)19(27)17-18(13-3-7-16(26)8-4-13)24(21(29)20(17)28)11-9-23-10-12-25/h1-8,18,23,25-27H,9-12H2/t18-/m0/s1. The first-order valence-electron chi connectivity index (χ1n) is 9.09. The monoisotopic (exact) mass is 416 g/mol. The van der Waals surface area contributed by atoms with Crippen LogP contribution in [0.15, 0.2) is 54.1 Å². The van der Waals surface area contributed by atoms with Crippen LogP contribution in [-0.2, 0) is 9.59 Å². The Balaban J connectivity index is 2.05. The van der Waals surface area contributed by atoms with Crippen LogP contribution in [0.1, 0.15) is 17.2 Å². The summed E-state index contributed by atoms with van der Waals surface area (Å²) in [7, 11) is 0. The fourth-order valence-corrected chi connectivity index (χ4v) is 3.41. The number of nitrogens with zero attached hydrogens (tertiary/aromatic N) is 1. The van der Waals surface area contributed by atoms with Gasteiger partial charge in [0.25, 0.3) is 11.7 Å². The molecule has 0 bridgehead atoms. The molecule has 1 amide bonds. The molecule has 0 aliphatic carbocycles. The van der Waals surface area contributed by atoms with Crippen molar-refractivity contribution in [3.05, 3.63) is 70.3 Å². The van der Waals surface area contributed by atoms with Gasteiger partial charge in [-0.05, 0) is 42.0 Å². The van der Waals surface area contributed by atoms with Gasteiger partial charge in [-0.3, -0.25) is 9.59 Å². The fraction of sp³-hybridized carbons (Fsp3) is 0.238. The molecule has 1 aliphatic heterocycles. The number of amides is 1. The van der Waals surface area contributed by atoms with Crippen LogP contribution in [0.25, 0.3) is 5.76 Å². The summed E-state index contributed by atoms with van der Waals surface area (Å²) in [6, 6.07) is 11.6. The summed E-state index contributed by atoms with van der Waals surface area (Å²) >= 11 is 5.90. The number of hydrogen-bond donors (Lipinski definition) is 4. The zero-order chi connectivity index (χ0) is 21.0. The largest absolute Gasteiger partial charge is 0.508 e. The summed E-state index contributed by atoms with van der Waals surface area (Å²) in [6.07, 6.45) is 0. The van der Waals surface area contributed by atoms with Gasteiger partial charge < -0.3 is 25.5 Å². The number of halogens is 1. The lowest BCUT2D eigenvalue weighted by molar-refractivity contribution is -0.139. The fourth-order valence-electron chi connectivity index (χ4n) is 3.28. The van der Waals surface area contributed by atoms with Crippen LogP contribution in [0.5, 0.6) is 5.75 Å². The van der Waals surface area contributed by atoms with Gasteiger partial charge in [0, 0.05) is 30.2 Å². The average molecular weight is 417 g/mol. The van der Waals surface area contributed by atoms with E-state index in [4.69, 9.17) is 16.7 Å². The number of aromatic hydroxyl groups is 1. The van der Waals surface area contributed by atoms with Gasteiger partial charge in [0.1, 0.15) is 11.5 Å². The van der Waals surface area contributed by atoms with Crippen LogP contribution in [0.4, 0.5) is 0 Å². The highest BCUT2D eigenvalue weighted by molar-refractivity contribution is 6.46. The molecule has 29 heavy (non-hydrogen) atoms. The Hall–Kier alpha value is -2.87. The molecule has 0 aromatic heterocycles. The molecule has 1 atom stereocenters. The molecule has 7 nitrogen and oxygen atoms in total. The summed E-state index contributed by atoms with van der Waals surface area (Å²) in [5.41, 5.74) is 0.930. The van der Waals surface area contributed by atoms with E-state index in [0.717, 1.165) is 0 Å². The highest BCUT2D eigenvalue weighted by Crippen LogP contribution is 2.39. The van der Waals surface area contributed by atoms with Crippen molar-refractivity contribution >= 4 is 29.1 Å². The number of phenols is 1. The maximum atomic E-state index is 12.8. The van der Waals surface area contributed by atoms with Crippen LogP contribution in [0, 0.1) is 0 Å². The number of Topliss-reactive ketones (excluding diaryl/α,β-unsaturated/α-hetero) is 1. The molecular weight excluding hydrogens is 396 g/mol. The maximum Gasteiger partial charge on any atom is 0.295 e. The van der Waals surface area contributed by atoms with Gasteiger partial charge in [0.15, 0.2) is 0 Å². The molecular formula is C21H21ClN2O5. The van der Waals surface area contributed by atoms with Crippen LogP contribution in [-0.4, -0.2) is 58.2 Å². The molecule has 2 aromatic carbocycles. The predicted octanol–water partition coefficient (Wildman–Crippen LogP) is 2.05. The van der Waals surface area contributed by atoms with Gasteiger partial charge in [0.05, 0.1) is 18.2 Å². The summed E-state index contributed by atoms with van der Waals surface area (Å²) < 4.78 is 0. The molecule has 2 aromatic rings. The van der Waals surface area contributed by atoms with Gasteiger partial charge in [0.2, 0.25) is 0 Å². The zero-order valence-corrected chi connectivity index (χ0v) is 16.3. The van der Waals surface area contributed by atoms with E-state index in [1.807, 2.05) is 0 Å². The molecule has 3 rings (SSSR count). The maximum absolute atomic E-state index is 12.8. The summed E-state index contributed by atoms with van der Waals surface area (Å²) in [6.45, 7) is 0.881. The van der Waals surface area contributed by atoms with Crippen molar-refractivity contribution in [3.8, 4) is 5.75 Å². The van der Waals surface area contributed by atoms with E-state index in [1.165, 1.54) is 17.0 Å². The minimum atomic E-state index is -0.804. The topological polar surface area (TPSA) is 110 Å². The number of rotatable bonds is 7. The Kier molecular flexibility index (Phi) is 6.53. The normalized spacial score (nSPS) is 18.4. The minimum Gasteiger partial charge on any atom is -0.508 e. The first-order chi connectivity index (χ1) is 13.9. The van der Waals surface area contributed by atoms with E-state index in [9.17, 15) is 19.8 Å². The quantitative estimate of drug-likeness (QED) is 0.238. The first-order valence-corrected chi connectivity index (χ1v) is 9.46. The Labute approximate surface area is 172 Å². The summed E-state index contributed by atoms with van der Waals surface area (Å²) in [5.74, 6) is -1.74. The van der Waals surface area contributed by atoms with Crippen LogP contribution >= 0.6 is 11.6 Å². The number of likely N-dealkylation sites (tertiary alicyclic amines) is 1. The number of hydrogen-bond acceptors (Lipinski definition) is 6. The zero-order valence-electron chi connectivity index (χ0n) is 15.5. The molecule has 1 aliphatic rings. The van der Waals surface area contributed by atoms with Crippen LogP contribution in [0.2, 0.25) is 5.02 Å². The van der Waals surface area contributed by atoms with Gasteiger partial charge in [-0.1, -0.05) is 23.7 Å². The molecule has 152 valence electrons. The van der Waals surface area contributed by atoms with Crippen molar-refractivity contribution < 1.29 is 24.9 Å². The number of phenolic OH excluding ortho intramolecular Hbond substituents is 1. The molecule has 1 fully saturated rings. The number of carbonyl (C=O) groups excluding carboxylic acids is 2. The molecule has 1 saturated heterocycles. The minimum absolute atomic E-state index is 0.0230. The van der Waals surface area contributed by atoms with Crippen molar-refractivity contribution in [2.24, 2.45) is 0 Å². The van der Waals surface area contributed by atoms with Crippen LogP contribution in [0.3, 0.4) is 0 Å². The lowest BCUT2D eigenvalue weighted by Gasteiger charge is -2.25. The highest BCUT2D eigenvalue weighted by Gasteiger charge is 2.45. The van der Waals surface area contributed by atoms with Crippen molar-refractivity contribution in [1.82, 2.24) is 10.2 Å². The van der Waals surface area contributed by atoms with Gasteiger partial charge in [-0.2, -0.15) is 0 Å². The summed E-state index contributed by atoms with van der Waals surface area (Å²) in [4.78, 5) is 26.9. The van der Waals surface area contributed by atoms with Crippen molar-refractivity contribution in [2.75, 3.05) is 26.2 Å². The smallest absolute Gasteiger partial charge is 0.295 e. The molecule has 0 saturated carbocycles. The lowest BCUT2D eigenvalue weighted by atomic mass is 9.95. The third-order valence-electron chi connectivity index (χ3n) is 4.68. The van der Waals surface area contributed by atoms with Crippen molar-refractivity contribution in [3.63, 3.8) is 0 Å². The number of ketones is 1. The number of nitrogens with one attached hydrogen (secondary N) is 1. The van der Waals surface area contributed by atoms with Gasteiger partial charge in [-0.15, -0.1) is 0 Å². The first kappa shape index (κ1) is 20.9. The molecule has 0 spiro atoms. The number of aliphatic hydroxyl groups excluding tert-OH is 2. The highest BCUT2D eigenvalue weighted by atomic mass is 35.5. The van der Waals surface area contributed by atoms with Gasteiger partial charge >= 0.3 is 0 Å². The van der Waals surface area contributed by atoms with Gasteiger partial charge in [-0.25, -0.2) is 0 Å². The second kappa shape index (κ2) is 9.09. The van der Waals surface area contributed by atoms with E-state index in [-0.39, 0.29) is 30.2 Å². The van der Waals surface area contributed by atoms with E-state index < -0.39 is 17.7 Å². The van der Waals surface area contributed by atoms with Crippen LogP contribution < -0.4 is 5.32 Å². The van der Waals surface area contributed by atoms with E-state index >= 15 is 0 Å². The van der Waals surface area contributed by atoms with E-state index in [1.54, 1.807) is 36.4 Å². The predicted molar refractivity (Wildman–Crippen MR) is 109 cm³/mol. The second-order valence-corrected chi connectivity index (χ2v) is 7.00. The Bertz CT molecular complexity index is 925. The molecule has 0 radical (unpaired) electrons.